The maximum absolute atomic E-state index is 12.6. The van der Waals surface area contributed by atoms with E-state index >= 15 is 0 Å². The number of aromatic nitrogens is 1. The van der Waals surface area contributed by atoms with E-state index in [0.717, 1.165) is 24.9 Å². The lowest BCUT2D eigenvalue weighted by molar-refractivity contribution is -0.128. The lowest BCUT2D eigenvalue weighted by atomic mass is 10.0. The number of nitrogens with zero attached hydrogens (tertiary/aromatic N) is 3. The number of hydrogen-bond acceptors (Lipinski definition) is 4. The molecule has 1 aromatic heterocycles. The molecule has 1 saturated carbocycles. The van der Waals surface area contributed by atoms with Crippen molar-refractivity contribution in [2.75, 3.05) is 13.1 Å². The number of hydrogen-bond donors (Lipinski definition) is 1. The van der Waals surface area contributed by atoms with Crippen LogP contribution in [0.5, 0.6) is 0 Å². The zero-order chi connectivity index (χ0) is 18.8. The Labute approximate surface area is 157 Å². The predicted octanol–water partition coefficient (Wildman–Crippen LogP) is 2.36. The Kier molecular flexibility index (Phi) is 4.59. The van der Waals surface area contributed by atoms with Gasteiger partial charge in [-0.2, -0.15) is 5.26 Å². The van der Waals surface area contributed by atoms with Gasteiger partial charge >= 0.3 is 0 Å². The Balaban J connectivity index is 1.42. The first-order chi connectivity index (χ1) is 13.2. The van der Waals surface area contributed by atoms with Crippen molar-refractivity contribution >= 4 is 11.8 Å². The molecule has 1 unspecified atom stereocenters. The number of nitriles is 1. The number of likely N-dealkylation sites (tertiary alicyclic amines) is 1. The lowest BCUT2D eigenvalue weighted by Crippen LogP contribution is -2.32. The van der Waals surface area contributed by atoms with E-state index in [-0.39, 0.29) is 17.7 Å². The fourth-order valence-electron chi connectivity index (χ4n) is 3.58. The van der Waals surface area contributed by atoms with E-state index in [2.05, 4.69) is 16.4 Å². The number of carbonyl (C=O) groups is 2. The number of rotatable bonds is 5. The minimum atomic E-state index is -0.170. The van der Waals surface area contributed by atoms with Crippen LogP contribution in [0.2, 0.25) is 0 Å². The third-order valence-electron chi connectivity index (χ3n) is 5.13. The van der Waals surface area contributed by atoms with Gasteiger partial charge in [0.05, 0.1) is 0 Å². The predicted molar refractivity (Wildman–Crippen MR) is 99.6 cm³/mol. The van der Waals surface area contributed by atoms with E-state index in [1.807, 2.05) is 17.0 Å². The third-order valence-corrected chi connectivity index (χ3v) is 5.13. The third kappa shape index (κ3) is 3.68. The number of benzene rings is 1. The summed E-state index contributed by atoms with van der Waals surface area (Å²) in [5.74, 6) is 0.213. The molecule has 4 rings (SSSR count). The van der Waals surface area contributed by atoms with Crippen molar-refractivity contribution in [1.29, 1.82) is 5.26 Å². The van der Waals surface area contributed by atoms with E-state index in [1.165, 1.54) is 0 Å². The number of nitrogens with one attached hydrogen (secondary N) is 1. The minimum Gasteiger partial charge on any atom is -0.352 e. The molecule has 136 valence electrons. The second kappa shape index (κ2) is 7.20. The molecule has 0 spiro atoms. The van der Waals surface area contributed by atoms with Gasteiger partial charge in [0.1, 0.15) is 11.8 Å². The monoisotopic (exact) mass is 360 g/mol. The molecule has 2 amide bonds. The van der Waals surface area contributed by atoms with Gasteiger partial charge in [-0.25, -0.2) is 4.98 Å². The highest BCUT2D eigenvalue weighted by Gasteiger charge is 2.39. The van der Waals surface area contributed by atoms with Crippen molar-refractivity contribution in [2.24, 2.45) is 5.92 Å². The van der Waals surface area contributed by atoms with Crippen LogP contribution in [0.3, 0.4) is 0 Å². The van der Waals surface area contributed by atoms with Crippen molar-refractivity contribution in [3.8, 4) is 17.2 Å². The highest BCUT2D eigenvalue weighted by Crippen LogP contribution is 2.32. The van der Waals surface area contributed by atoms with Gasteiger partial charge in [0.15, 0.2) is 0 Å². The number of amides is 2. The molecule has 1 atom stereocenters. The molecular weight excluding hydrogens is 340 g/mol. The first-order valence-electron chi connectivity index (χ1n) is 9.19. The molecule has 0 radical (unpaired) electrons. The van der Waals surface area contributed by atoms with E-state index in [1.54, 1.807) is 30.5 Å². The van der Waals surface area contributed by atoms with E-state index < -0.39 is 0 Å². The summed E-state index contributed by atoms with van der Waals surface area (Å²) in [4.78, 5) is 30.6. The Morgan fingerprint density at radius 1 is 1.30 bits per heavy atom. The summed E-state index contributed by atoms with van der Waals surface area (Å²) < 4.78 is 0. The number of carbonyl (C=O) groups excluding carboxylic acids is 2. The fraction of sp³-hybridized carbons (Fsp3) is 0.333. The first kappa shape index (κ1) is 17.2. The molecule has 2 aliphatic rings. The van der Waals surface area contributed by atoms with Crippen molar-refractivity contribution in [3.63, 3.8) is 0 Å². The number of pyridine rings is 1. The van der Waals surface area contributed by atoms with Crippen molar-refractivity contribution < 1.29 is 9.59 Å². The zero-order valence-corrected chi connectivity index (χ0v) is 14.9. The second-order valence-corrected chi connectivity index (χ2v) is 7.15. The van der Waals surface area contributed by atoms with Crippen LogP contribution in [0.25, 0.3) is 11.1 Å². The van der Waals surface area contributed by atoms with Gasteiger partial charge in [0, 0.05) is 48.8 Å². The van der Waals surface area contributed by atoms with Gasteiger partial charge in [0.2, 0.25) is 5.91 Å². The highest BCUT2D eigenvalue weighted by atomic mass is 16.2. The largest absolute Gasteiger partial charge is 0.352 e. The zero-order valence-electron chi connectivity index (χ0n) is 14.9. The molecule has 1 aromatic carbocycles. The van der Waals surface area contributed by atoms with E-state index in [0.29, 0.717) is 35.8 Å². The summed E-state index contributed by atoms with van der Waals surface area (Å²) in [5.41, 5.74) is 2.35. The van der Waals surface area contributed by atoms with Crippen molar-refractivity contribution in [2.45, 2.75) is 25.3 Å². The van der Waals surface area contributed by atoms with Crippen LogP contribution in [-0.4, -0.2) is 40.8 Å². The second-order valence-electron chi connectivity index (χ2n) is 7.15. The van der Waals surface area contributed by atoms with Crippen LogP contribution in [-0.2, 0) is 4.79 Å². The molecule has 1 N–H and O–H groups in total. The van der Waals surface area contributed by atoms with Crippen LogP contribution in [0.15, 0.2) is 42.6 Å². The summed E-state index contributed by atoms with van der Waals surface area (Å²) >= 11 is 0. The van der Waals surface area contributed by atoms with Crippen molar-refractivity contribution in [3.05, 3.63) is 53.9 Å². The molecule has 6 heteroatoms. The SMILES string of the molecule is N#Cc1ncccc1-c1cccc(C(=O)NCC2CC(=O)N(C3CC3)C2)c1. The normalized spacial score (nSPS) is 19.0. The van der Waals surface area contributed by atoms with Gasteiger partial charge in [-0.1, -0.05) is 12.1 Å². The molecule has 27 heavy (non-hydrogen) atoms. The molecule has 1 aliphatic carbocycles. The fourth-order valence-corrected chi connectivity index (χ4v) is 3.58. The van der Waals surface area contributed by atoms with Crippen molar-refractivity contribution in [1.82, 2.24) is 15.2 Å². The molecule has 6 nitrogen and oxygen atoms in total. The van der Waals surface area contributed by atoms with E-state index in [4.69, 9.17) is 0 Å². The van der Waals surface area contributed by atoms with Crippen LogP contribution in [0, 0.1) is 17.2 Å². The van der Waals surface area contributed by atoms with Gasteiger partial charge in [-0.05, 0) is 42.7 Å². The summed E-state index contributed by atoms with van der Waals surface area (Å²) in [6, 6.07) is 13.3. The maximum atomic E-state index is 12.6. The maximum Gasteiger partial charge on any atom is 0.251 e. The van der Waals surface area contributed by atoms with Gasteiger partial charge in [-0.3, -0.25) is 9.59 Å². The Bertz CT molecular complexity index is 930. The van der Waals surface area contributed by atoms with Gasteiger partial charge in [0.25, 0.3) is 5.91 Å². The van der Waals surface area contributed by atoms with Crippen LogP contribution >= 0.6 is 0 Å². The Morgan fingerprint density at radius 3 is 2.93 bits per heavy atom. The molecule has 2 heterocycles. The summed E-state index contributed by atoms with van der Waals surface area (Å²) in [7, 11) is 0. The molecule has 1 saturated heterocycles. The first-order valence-corrected chi connectivity index (χ1v) is 9.19. The average Bonchev–Trinajstić information content (AvgIpc) is 3.48. The van der Waals surface area contributed by atoms with E-state index in [9.17, 15) is 14.9 Å². The average molecular weight is 360 g/mol. The van der Waals surface area contributed by atoms with Crippen LogP contribution < -0.4 is 5.32 Å². The van der Waals surface area contributed by atoms with Gasteiger partial charge < -0.3 is 10.2 Å². The molecule has 2 fully saturated rings. The molecule has 0 bridgehead atoms. The van der Waals surface area contributed by atoms with Crippen LogP contribution in [0.1, 0.15) is 35.3 Å². The summed E-state index contributed by atoms with van der Waals surface area (Å²) in [6.45, 7) is 1.24. The quantitative estimate of drug-likeness (QED) is 0.887. The van der Waals surface area contributed by atoms with Crippen LogP contribution in [0.4, 0.5) is 0 Å². The molecule has 2 aromatic rings. The smallest absolute Gasteiger partial charge is 0.251 e. The topological polar surface area (TPSA) is 86.1 Å². The minimum absolute atomic E-state index is 0.170. The summed E-state index contributed by atoms with van der Waals surface area (Å²) in [6.07, 6.45) is 4.30. The summed E-state index contributed by atoms with van der Waals surface area (Å²) in [5, 5.41) is 12.2. The van der Waals surface area contributed by atoms with Gasteiger partial charge in [-0.15, -0.1) is 0 Å². The lowest BCUT2D eigenvalue weighted by Gasteiger charge is -2.15. The molecule has 1 aliphatic heterocycles. The Hall–Kier alpha value is -3.20. The standard InChI is InChI=1S/C21H20N4O2/c22-11-19-18(5-2-8-23-19)15-3-1-4-16(10-15)21(27)24-12-14-9-20(26)25(13-14)17-6-7-17/h1-5,8,10,14,17H,6-7,9,12-13H2,(H,24,27). The highest BCUT2D eigenvalue weighted by molar-refractivity contribution is 5.95. The Morgan fingerprint density at radius 2 is 2.15 bits per heavy atom. The molecular formula is C21H20N4O2.